The molecule has 130 valence electrons. The van der Waals surface area contributed by atoms with E-state index >= 15 is 0 Å². The summed E-state index contributed by atoms with van der Waals surface area (Å²) in [5.41, 5.74) is 5.66. The molecule has 0 saturated heterocycles. The maximum absolute atomic E-state index is 3.28. The summed E-state index contributed by atoms with van der Waals surface area (Å²) in [7, 11) is 1.86. The van der Waals surface area contributed by atoms with Crippen LogP contribution >= 0.6 is 34.0 Å². The van der Waals surface area contributed by atoms with Crippen LogP contribution in [0.5, 0.6) is 0 Å². The van der Waals surface area contributed by atoms with Crippen LogP contribution in [0, 0.1) is 27.0 Å². The Hall–Kier alpha value is 0.851. The number of hydrogen-bond donors (Lipinski definition) is 0. The minimum atomic E-state index is 0. The molecule has 0 aromatic rings. The van der Waals surface area contributed by atoms with Crippen LogP contribution in [0.4, 0.5) is 0 Å². The standard InChI is InChI=1S/2C8H11.2CH3.2BrH.H2Si.Ti/c2*1-3-8-6-4-5-7(8)2;;;;;;/h2*5H,3-4H2,1-2H3;2*1H3;2*1H;1H2;/q4*-1;;;;. The first-order valence-electron chi connectivity index (χ1n) is 6.58. The van der Waals surface area contributed by atoms with E-state index in [-0.39, 0.29) is 48.8 Å². The molecule has 0 fully saturated rings. The van der Waals surface area contributed by atoms with Gasteiger partial charge in [-0.15, -0.1) is 60.7 Å². The zero-order chi connectivity index (χ0) is 14.0. The fraction of sp³-hybridized carbons (Fsp3) is 0.444. The quantitative estimate of drug-likeness (QED) is 0.329. The van der Waals surface area contributed by atoms with Gasteiger partial charge in [0.2, 0.25) is 0 Å². The van der Waals surface area contributed by atoms with Gasteiger partial charge in [0.25, 0.3) is 0 Å². The number of halogens is 2. The third-order valence-corrected chi connectivity index (χ3v) is 3.11. The van der Waals surface area contributed by atoms with E-state index in [1.165, 1.54) is 22.3 Å². The molecule has 0 aromatic heterocycles. The zero-order valence-corrected chi connectivity index (χ0v) is 21.4. The summed E-state index contributed by atoms with van der Waals surface area (Å²) in [6, 6.07) is 0. The average molecular weight is 484 g/mol. The molecule has 0 unspecified atom stereocenters. The van der Waals surface area contributed by atoms with E-state index in [1.54, 1.807) is 0 Å². The van der Waals surface area contributed by atoms with Crippen molar-refractivity contribution in [3.63, 3.8) is 0 Å². The fourth-order valence-corrected chi connectivity index (χ4v) is 1.99. The van der Waals surface area contributed by atoms with Crippen LogP contribution in [-0.2, 0) is 19.2 Å². The number of rotatable bonds is 2. The van der Waals surface area contributed by atoms with Gasteiger partial charge in [0, 0.05) is 0 Å². The molecule has 0 aromatic carbocycles. The molecule has 0 radical (unpaired) electrons. The molecular weight excluding hydrogens is 452 g/mol. The Morgan fingerprint density at radius 2 is 1.14 bits per heavy atom. The van der Waals surface area contributed by atoms with Crippen molar-refractivity contribution in [2.24, 2.45) is 0 Å². The van der Waals surface area contributed by atoms with E-state index in [4.69, 9.17) is 0 Å². The van der Waals surface area contributed by atoms with Crippen LogP contribution in [0.2, 0.25) is 0 Å². The van der Waals surface area contributed by atoms with E-state index in [0.29, 0.717) is 0 Å². The van der Waals surface area contributed by atoms with Gasteiger partial charge in [-0.25, -0.2) is 22.3 Å². The molecule has 4 heteroatoms. The Kier molecular flexibility index (Phi) is 34.0. The summed E-state index contributed by atoms with van der Waals surface area (Å²) in [6.45, 7) is 8.65. The summed E-state index contributed by atoms with van der Waals surface area (Å²) in [6.07, 6.45) is 15.4. The van der Waals surface area contributed by atoms with Crippen molar-refractivity contribution in [2.75, 3.05) is 0 Å². The Morgan fingerprint density at radius 1 is 0.864 bits per heavy atom. The van der Waals surface area contributed by atoms with E-state index in [1.807, 2.05) is 26.8 Å². The molecule has 0 aliphatic heterocycles. The van der Waals surface area contributed by atoms with Gasteiger partial charge in [-0.05, 0) is 0 Å². The van der Waals surface area contributed by atoms with E-state index in [0.717, 1.165) is 25.7 Å². The molecule has 0 N–H and O–H groups in total. The van der Waals surface area contributed by atoms with Gasteiger partial charge >= 0.3 is 26.8 Å². The van der Waals surface area contributed by atoms with Gasteiger partial charge in [0.05, 0.1) is 0 Å². The molecule has 2 aliphatic rings. The van der Waals surface area contributed by atoms with Gasteiger partial charge in [0.15, 0.2) is 0 Å². The molecule has 0 nitrogen and oxygen atoms in total. The Balaban J connectivity index is -0.0000000676. The number of allylic oxidation sites excluding steroid dienone is 8. The molecule has 0 bridgehead atoms. The van der Waals surface area contributed by atoms with Gasteiger partial charge in [-0.1, -0.05) is 26.7 Å². The summed E-state index contributed by atoms with van der Waals surface area (Å²) in [5.74, 6) is 0. The van der Waals surface area contributed by atoms with Gasteiger partial charge < -0.3 is 14.9 Å². The summed E-state index contributed by atoms with van der Waals surface area (Å²) in [5, 5.41) is 0. The van der Waals surface area contributed by atoms with Crippen LogP contribution in [0.15, 0.2) is 34.4 Å². The van der Waals surface area contributed by atoms with E-state index in [2.05, 4.69) is 52.0 Å². The third-order valence-electron chi connectivity index (χ3n) is 3.11. The van der Waals surface area contributed by atoms with Gasteiger partial charge in [-0.2, -0.15) is 12.2 Å². The monoisotopic (exact) mass is 482 g/mol. The van der Waals surface area contributed by atoms with Gasteiger partial charge in [-0.3, -0.25) is 12.2 Å². The van der Waals surface area contributed by atoms with Crippen molar-refractivity contribution in [3.8, 4) is 0 Å². The van der Waals surface area contributed by atoms with Crippen LogP contribution in [0.25, 0.3) is 0 Å². The van der Waals surface area contributed by atoms with Crippen molar-refractivity contribution in [1.82, 2.24) is 0 Å². The van der Waals surface area contributed by atoms with Gasteiger partial charge in [0.1, 0.15) is 0 Å². The van der Waals surface area contributed by atoms with Crippen LogP contribution in [0.3, 0.4) is 0 Å². The van der Waals surface area contributed by atoms with Crippen LogP contribution < -0.4 is 0 Å². The first kappa shape index (κ1) is 34.2. The Labute approximate surface area is 174 Å². The topological polar surface area (TPSA) is 0 Å². The molecule has 22 heavy (non-hydrogen) atoms. The number of hydrogen-bond acceptors (Lipinski definition) is 0. The molecule has 2 aliphatic carbocycles. The van der Waals surface area contributed by atoms with E-state index in [9.17, 15) is 0 Å². The van der Waals surface area contributed by atoms with Crippen LogP contribution in [-0.4, -0.2) is 7.63 Å². The molecule has 0 atom stereocenters. The minimum absolute atomic E-state index is 0. The molecular formula is C18H32Br2SiTi-4. The first-order chi connectivity index (χ1) is 8.69. The first-order valence-corrected chi connectivity index (χ1v) is 10.6. The van der Waals surface area contributed by atoms with E-state index < -0.39 is 0 Å². The SMILES string of the molecule is Br.Br.CCC1=[C-]CC=C1C.CCC1=[C-]CC=C1C.[CH3-].[CH3-].[SiH2]=[Ti]. The maximum atomic E-state index is 3.28. The van der Waals surface area contributed by atoms with Crippen molar-refractivity contribution in [3.05, 3.63) is 61.4 Å². The predicted molar refractivity (Wildman–Crippen MR) is 113 cm³/mol. The molecule has 0 spiro atoms. The molecule has 0 heterocycles. The average Bonchev–Trinajstić information content (AvgIpc) is 3.00. The second-order valence-electron chi connectivity index (χ2n) is 4.20. The molecule has 0 saturated carbocycles. The summed E-state index contributed by atoms with van der Waals surface area (Å²) >= 11 is 2.03. The third kappa shape index (κ3) is 13.3. The van der Waals surface area contributed by atoms with Crippen molar-refractivity contribution >= 4 is 41.6 Å². The zero-order valence-electron chi connectivity index (χ0n) is 15.0. The summed E-state index contributed by atoms with van der Waals surface area (Å²) < 4.78 is 0. The Morgan fingerprint density at radius 3 is 1.23 bits per heavy atom. The Bertz CT molecular complexity index is 347. The predicted octanol–water partition coefficient (Wildman–Crippen LogP) is 6.09. The summed E-state index contributed by atoms with van der Waals surface area (Å²) in [4.78, 5) is 0. The molecule has 2 rings (SSSR count). The van der Waals surface area contributed by atoms with Crippen molar-refractivity contribution < 1.29 is 19.2 Å². The fourth-order valence-electron chi connectivity index (χ4n) is 1.99. The van der Waals surface area contributed by atoms with Crippen molar-refractivity contribution in [1.29, 1.82) is 0 Å². The van der Waals surface area contributed by atoms with Crippen molar-refractivity contribution in [2.45, 2.75) is 53.4 Å². The second-order valence-corrected chi connectivity index (χ2v) is 4.20. The normalized spacial score (nSPS) is 13.4. The molecule has 0 amide bonds. The second kappa shape index (κ2) is 21.9. The van der Waals surface area contributed by atoms with Crippen LogP contribution in [0.1, 0.15) is 53.4 Å².